The fourth-order valence-electron chi connectivity index (χ4n) is 3.45. The minimum absolute atomic E-state index is 0.0104. The van der Waals surface area contributed by atoms with E-state index in [9.17, 15) is 9.59 Å². The average molecular weight is 312 g/mol. The Kier molecular flexibility index (Phi) is 6.27. The summed E-state index contributed by atoms with van der Waals surface area (Å²) in [5.41, 5.74) is -1.32. The van der Waals surface area contributed by atoms with E-state index in [1.165, 1.54) is 0 Å². The molecule has 0 fully saturated rings. The summed E-state index contributed by atoms with van der Waals surface area (Å²) >= 11 is 0. The molecule has 0 rings (SSSR count). The Balaban J connectivity index is 4.98. The van der Waals surface area contributed by atoms with Crippen molar-refractivity contribution in [3.8, 4) is 0 Å². The Morgan fingerprint density at radius 3 is 1.50 bits per heavy atom. The Morgan fingerprint density at radius 2 is 1.14 bits per heavy atom. The molecule has 2 N–H and O–H groups in total. The van der Waals surface area contributed by atoms with E-state index in [0.717, 1.165) is 6.42 Å². The van der Waals surface area contributed by atoms with Crippen molar-refractivity contribution in [2.24, 2.45) is 16.2 Å². The van der Waals surface area contributed by atoms with E-state index in [2.05, 4.69) is 31.4 Å². The number of hydrogen-bond acceptors (Lipinski definition) is 2. The molecule has 22 heavy (non-hydrogen) atoms. The molecule has 2 amide bonds. The van der Waals surface area contributed by atoms with E-state index < -0.39 is 16.4 Å². The van der Waals surface area contributed by atoms with Crippen LogP contribution in [0, 0.1) is 16.2 Å². The van der Waals surface area contributed by atoms with E-state index in [1.807, 2.05) is 41.5 Å². The van der Waals surface area contributed by atoms with Crippen LogP contribution in [-0.4, -0.2) is 24.4 Å². The molecule has 0 saturated heterocycles. The Morgan fingerprint density at radius 1 is 0.727 bits per heavy atom. The highest BCUT2D eigenvalue weighted by Crippen LogP contribution is 2.35. The van der Waals surface area contributed by atoms with Crippen LogP contribution in [0.5, 0.6) is 0 Å². The first-order chi connectivity index (χ1) is 9.52. The third kappa shape index (κ3) is 6.80. The summed E-state index contributed by atoms with van der Waals surface area (Å²) in [6, 6.07) is 0. The zero-order chi connectivity index (χ0) is 18.0. The van der Waals surface area contributed by atoms with Crippen LogP contribution in [0.4, 0.5) is 0 Å². The maximum Gasteiger partial charge on any atom is 0.226 e. The minimum atomic E-state index is -0.528. The zero-order valence-corrected chi connectivity index (χ0v) is 16.2. The van der Waals surface area contributed by atoms with Crippen LogP contribution in [0.3, 0.4) is 0 Å². The monoisotopic (exact) mass is 312 g/mol. The van der Waals surface area contributed by atoms with Gasteiger partial charge in [-0.25, -0.2) is 0 Å². The molecule has 0 aliphatic carbocycles. The number of carbonyl (C=O) groups excluding carboxylic acids is 2. The molecule has 0 aromatic heterocycles. The topological polar surface area (TPSA) is 58.2 Å². The largest absolute Gasteiger partial charge is 0.359 e. The summed E-state index contributed by atoms with van der Waals surface area (Å²) in [6.45, 7) is 18.1. The summed E-state index contributed by atoms with van der Waals surface area (Å²) in [5, 5.41) is 5.83. The summed E-state index contributed by atoms with van der Waals surface area (Å²) in [4.78, 5) is 24.6. The van der Waals surface area contributed by atoms with Crippen molar-refractivity contribution in [1.29, 1.82) is 0 Å². The normalized spacial score (nSPS) is 13.7. The maximum absolute atomic E-state index is 12.7. The van der Waals surface area contributed by atoms with E-state index in [4.69, 9.17) is 0 Å². The van der Waals surface area contributed by atoms with Crippen molar-refractivity contribution < 1.29 is 9.59 Å². The van der Waals surface area contributed by atoms with Gasteiger partial charge in [0.25, 0.3) is 0 Å². The summed E-state index contributed by atoms with van der Waals surface area (Å²) in [6.07, 6.45) is 1.39. The van der Waals surface area contributed by atoms with Gasteiger partial charge >= 0.3 is 0 Å². The number of rotatable bonds is 6. The first-order valence-electron chi connectivity index (χ1n) is 8.07. The van der Waals surface area contributed by atoms with Crippen LogP contribution >= 0.6 is 0 Å². The van der Waals surface area contributed by atoms with Crippen molar-refractivity contribution in [2.45, 2.75) is 80.7 Å². The van der Waals surface area contributed by atoms with Crippen LogP contribution in [0.2, 0.25) is 0 Å². The lowest BCUT2D eigenvalue weighted by Gasteiger charge is -2.38. The van der Waals surface area contributed by atoms with Gasteiger partial charge in [-0.15, -0.1) is 0 Å². The molecule has 0 spiro atoms. The van der Waals surface area contributed by atoms with Crippen molar-refractivity contribution in [2.75, 3.05) is 7.05 Å². The van der Waals surface area contributed by atoms with Gasteiger partial charge in [0, 0.05) is 23.4 Å². The van der Waals surface area contributed by atoms with Crippen LogP contribution in [0.25, 0.3) is 0 Å². The molecule has 0 atom stereocenters. The molecule has 0 bridgehead atoms. The smallest absolute Gasteiger partial charge is 0.226 e. The number of hydrogen-bond donors (Lipinski definition) is 2. The highest BCUT2D eigenvalue weighted by molar-refractivity contribution is 5.83. The zero-order valence-electron chi connectivity index (χ0n) is 16.2. The van der Waals surface area contributed by atoms with E-state index >= 15 is 0 Å². The lowest BCUT2D eigenvalue weighted by atomic mass is 9.74. The second kappa shape index (κ2) is 6.59. The first kappa shape index (κ1) is 20.9. The van der Waals surface area contributed by atoms with Crippen molar-refractivity contribution in [3.63, 3.8) is 0 Å². The third-order valence-corrected chi connectivity index (χ3v) is 3.76. The molecule has 130 valence electrons. The van der Waals surface area contributed by atoms with Gasteiger partial charge in [-0.2, -0.15) is 0 Å². The molecule has 0 saturated carbocycles. The fraction of sp³-hybridized carbons (Fsp3) is 0.889. The molecule has 0 heterocycles. The fourth-order valence-corrected chi connectivity index (χ4v) is 3.45. The second-order valence-electron chi connectivity index (χ2n) is 9.60. The molecule has 4 heteroatoms. The maximum atomic E-state index is 12.7. The van der Waals surface area contributed by atoms with Crippen LogP contribution in [-0.2, 0) is 9.59 Å². The molecule has 0 aliphatic heterocycles. The number of amides is 2. The van der Waals surface area contributed by atoms with Crippen LogP contribution < -0.4 is 10.6 Å². The van der Waals surface area contributed by atoms with Gasteiger partial charge in [0.15, 0.2) is 0 Å². The lowest BCUT2D eigenvalue weighted by molar-refractivity contribution is -0.135. The predicted octanol–water partition coefficient (Wildman–Crippen LogP) is 3.51. The Labute approximate surface area is 136 Å². The Bertz CT molecular complexity index is 415. The Hall–Kier alpha value is -1.06. The van der Waals surface area contributed by atoms with Gasteiger partial charge in [-0.05, 0) is 32.1 Å². The quantitative estimate of drug-likeness (QED) is 0.788. The van der Waals surface area contributed by atoms with Gasteiger partial charge in [0.05, 0.1) is 0 Å². The SMILES string of the molecule is CNC(=O)C(C)(C)CC(C)(C)NC(=O)C(C)(C)CC(C)(C)C. The van der Waals surface area contributed by atoms with Crippen LogP contribution in [0.15, 0.2) is 0 Å². The van der Waals surface area contributed by atoms with E-state index in [0.29, 0.717) is 6.42 Å². The van der Waals surface area contributed by atoms with Gasteiger partial charge in [0.2, 0.25) is 11.8 Å². The van der Waals surface area contributed by atoms with Crippen LogP contribution in [0.1, 0.15) is 75.2 Å². The predicted molar refractivity (Wildman–Crippen MR) is 92.5 cm³/mol. The van der Waals surface area contributed by atoms with Gasteiger partial charge in [-0.3, -0.25) is 9.59 Å². The third-order valence-electron chi connectivity index (χ3n) is 3.76. The summed E-state index contributed by atoms with van der Waals surface area (Å²) in [5.74, 6) is 0.0314. The average Bonchev–Trinajstić information content (AvgIpc) is 2.21. The van der Waals surface area contributed by atoms with E-state index in [1.54, 1.807) is 7.05 Å². The molecule has 0 aliphatic rings. The molecule has 0 radical (unpaired) electrons. The number of nitrogens with one attached hydrogen (secondary N) is 2. The molecule has 0 aromatic carbocycles. The van der Waals surface area contributed by atoms with E-state index in [-0.39, 0.29) is 17.2 Å². The van der Waals surface area contributed by atoms with Crippen molar-refractivity contribution in [3.05, 3.63) is 0 Å². The highest BCUT2D eigenvalue weighted by atomic mass is 16.2. The molecular formula is C18H36N2O2. The second-order valence-corrected chi connectivity index (χ2v) is 9.60. The van der Waals surface area contributed by atoms with Gasteiger partial charge in [-0.1, -0.05) is 48.5 Å². The number of carbonyl (C=O) groups is 2. The van der Waals surface area contributed by atoms with Gasteiger partial charge < -0.3 is 10.6 Å². The molecule has 0 unspecified atom stereocenters. The minimum Gasteiger partial charge on any atom is -0.359 e. The van der Waals surface area contributed by atoms with Crippen molar-refractivity contribution >= 4 is 11.8 Å². The lowest BCUT2D eigenvalue weighted by Crippen LogP contribution is -2.53. The summed E-state index contributed by atoms with van der Waals surface area (Å²) in [7, 11) is 1.64. The molecule has 4 nitrogen and oxygen atoms in total. The summed E-state index contributed by atoms with van der Waals surface area (Å²) < 4.78 is 0. The molecular weight excluding hydrogens is 276 g/mol. The highest BCUT2D eigenvalue weighted by Gasteiger charge is 2.39. The first-order valence-corrected chi connectivity index (χ1v) is 8.07. The van der Waals surface area contributed by atoms with Gasteiger partial charge in [0.1, 0.15) is 0 Å². The molecule has 0 aromatic rings. The van der Waals surface area contributed by atoms with Crippen molar-refractivity contribution in [1.82, 2.24) is 10.6 Å². The standard InChI is InChI=1S/C18H36N2O2/c1-15(2,3)11-16(4,5)14(22)20-18(8,9)12-17(6,7)13(21)19-10/h11-12H2,1-10H3,(H,19,21)(H,20,22).